The number of halogens is 1. The number of carbonyl (C=O) groups is 1. The van der Waals surface area contributed by atoms with Gasteiger partial charge in [-0.3, -0.25) is 9.52 Å². The third-order valence-corrected chi connectivity index (χ3v) is 5.26. The molecule has 0 saturated heterocycles. The summed E-state index contributed by atoms with van der Waals surface area (Å²) in [6.07, 6.45) is 0. The molecule has 142 valence electrons. The maximum absolute atomic E-state index is 12.7. The number of nitrogens with one attached hydrogen (secondary N) is 2. The average Bonchev–Trinajstić information content (AvgIpc) is 2.56. The van der Waals surface area contributed by atoms with E-state index in [1.807, 2.05) is 13.0 Å². The molecule has 0 unspecified atom stereocenters. The van der Waals surface area contributed by atoms with Crippen molar-refractivity contribution in [3.05, 3.63) is 59.2 Å². The standard InChI is InChI=1S/C18H23N3O3S.ClH/c1-12-7-8-13(2)17(9-12)25(23,24)21-16-6-4-5-15(10-16)18(22)20-14(3)11-19;/h4-10,14,21H,11,19H2,1-3H3,(H,20,22);1H/t14-;/m0./s1. The Labute approximate surface area is 160 Å². The van der Waals surface area contributed by atoms with Gasteiger partial charge in [-0.15, -0.1) is 12.4 Å². The van der Waals surface area contributed by atoms with E-state index in [9.17, 15) is 13.2 Å². The van der Waals surface area contributed by atoms with E-state index in [1.165, 1.54) is 6.07 Å². The van der Waals surface area contributed by atoms with Crippen LogP contribution >= 0.6 is 12.4 Å². The molecule has 2 rings (SSSR count). The van der Waals surface area contributed by atoms with Crippen LogP contribution in [0.5, 0.6) is 0 Å². The van der Waals surface area contributed by atoms with Crippen molar-refractivity contribution < 1.29 is 13.2 Å². The predicted octanol–water partition coefficient (Wildman–Crippen LogP) is 2.60. The van der Waals surface area contributed by atoms with Crippen molar-refractivity contribution in [2.75, 3.05) is 11.3 Å². The van der Waals surface area contributed by atoms with Gasteiger partial charge >= 0.3 is 0 Å². The number of anilines is 1. The molecule has 0 saturated carbocycles. The van der Waals surface area contributed by atoms with Gasteiger partial charge in [-0.05, 0) is 56.2 Å². The van der Waals surface area contributed by atoms with Crippen molar-refractivity contribution >= 4 is 34.0 Å². The van der Waals surface area contributed by atoms with Crippen LogP contribution in [0.1, 0.15) is 28.4 Å². The lowest BCUT2D eigenvalue weighted by Gasteiger charge is -2.13. The van der Waals surface area contributed by atoms with Crippen molar-refractivity contribution in [2.45, 2.75) is 31.7 Å². The van der Waals surface area contributed by atoms with Crippen LogP contribution in [-0.4, -0.2) is 26.9 Å². The van der Waals surface area contributed by atoms with Gasteiger partial charge in [0, 0.05) is 23.8 Å². The molecule has 4 N–H and O–H groups in total. The summed E-state index contributed by atoms with van der Waals surface area (Å²) in [5, 5.41) is 2.74. The zero-order valence-electron chi connectivity index (χ0n) is 14.9. The van der Waals surface area contributed by atoms with Crippen LogP contribution in [0.3, 0.4) is 0 Å². The molecule has 0 aliphatic carbocycles. The lowest BCUT2D eigenvalue weighted by Crippen LogP contribution is -2.37. The summed E-state index contributed by atoms with van der Waals surface area (Å²) in [7, 11) is -3.74. The smallest absolute Gasteiger partial charge is 0.262 e. The Kier molecular flexibility index (Phi) is 7.62. The molecule has 0 bridgehead atoms. The maximum atomic E-state index is 12.7. The van der Waals surface area contributed by atoms with Gasteiger partial charge in [0.05, 0.1) is 4.90 Å². The molecule has 0 radical (unpaired) electrons. The molecule has 8 heteroatoms. The van der Waals surface area contributed by atoms with Gasteiger partial charge < -0.3 is 11.1 Å². The van der Waals surface area contributed by atoms with Crippen molar-refractivity contribution in [1.82, 2.24) is 5.32 Å². The molecular formula is C18H24ClN3O3S. The predicted molar refractivity (Wildman–Crippen MR) is 106 cm³/mol. The minimum absolute atomic E-state index is 0. The van der Waals surface area contributed by atoms with Gasteiger partial charge in [-0.2, -0.15) is 0 Å². The molecule has 0 aromatic heterocycles. The van der Waals surface area contributed by atoms with Gasteiger partial charge in [-0.25, -0.2) is 8.42 Å². The highest BCUT2D eigenvalue weighted by molar-refractivity contribution is 7.92. The molecular weight excluding hydrogens is 374 g/mol. The monoisotopic (exact) mass is 397 g/mol. The van der Waals surface area contributed by atoms with Gasteiger partial charge in [0.2, 0.25) is 0 Å². The Morgan fingerprint density at radius 2 is 1.85 bits per heavy atom. The van der Waals surface area contributed by atoms with E-state index in [0.29, 0.717) is 23.4 Å². The summed E-state index contributed by atoms with van der Waals surface area (Å²) in [6.45, 7) is 5.70. The molecule has 0 spiro atoms. The second-order valence-corrected chi connectivity index (χ2v) is 7.72. The number of hydrogen-bond donors (Lipinski definition) is 3. The molecule has 0 heterocycles. The van der Waals surface area contributed by atoms with Crippen molar-refractivity contribution in [1.29, 1.82) is 0 Å². The topological polar surface area (TPSA) is 101 Å². The van der Waals surface area contributed by atoms with Gasteiger partial charge in [0.15, 0.2) is 0 Å². The summed E-state index contributed by atoms with van der Waals surface area (Å²) in [6, 6.07) is 11.4. The zero-order valence-corrected chi connectivity index (χ0v) is 16.6. The maximum Gasteiger partial charge on any atom is 0.262 e. The number of amides is 1. The van der Waals surface area contributed by atoms with Crippen LogP contribution in [0.4, 0.5) is 5.69 Å². The second-order valence-electron chi connectivity index (χ2n) is 6.07. The van der Waals surface area contributed by atoms with Crippen molar-refractivity contribution in [2.24, 2.45) is 5.73 Å². The van der Waals surface area contributed by atoms with E-state index in [0.717, 1.165) is 5.56 Å². The van der Waals surface area contributed by atoms with Gasteiger partial charge in [-0.1, -0.05) is 18.2 Å². The summed E-state index contributed by atoms with van der Waals surface area (Å²) < 4.78 is 27.8. The van der Waals surface area contributed by atoms with Crippen LogP contribution in [0.25, 0.3) is 0 Å². The second kappa shape index (κ2) is 9.02. The number of benzene rings is 2. The molecule has 0 aliphatic heterocycles. The SMILES string of the molecule is Cc1ccc(C)c(S(=O)(=O)Nc2cccc(C(=O)N[C@@H](C)CN)c2)c1.Cl. The van der Waals surface area contributed by atoms with E-state index in [1.54, 1.807) is 44.2 Å². The molecule has 1 atom stereocenters. The summed E-state index contributed by atoms with van der Waals surface area (Å²) >= 11 is 0. The number of carbonyl (C=O) groups excluding carboxylic acids is 1. The fraction of sp³-hybridized carbons (Fsp3) is 0.278. The first-order chi connectivity index (χ1) is 11.7. The first-order valence-corrected chi connectivity index (χ1v) is 9.42. The van der Waals surface area contributed by atoms with E-state index >= 15 is 0 Å². The summed E-state index contributed by atoms with van der Waals surface area (Å²) in [5.74, 6) is -0.300. The summed E-state index contributed by atoms with van der Waals surface area (Å²) in [5.41, 5.74) is 7.70. The molecule has 2 aromatic carbocycles. The Morgan fingerprint density at radius 3 is 2.50 bits per heavy atom. The van der Waals surface area contributed by atoms with E-state index in [-0.39, 0.29) is 29.3 Å². The number of nitrogens with two attached hydrogens (primary N) is 1. The first-order valence-electron chi connectivity index (χ1n) is 7.94. The molecule has 0 fully saturated rings. The highest BCUT2D eigenvalue weighted by Crippen LogP contribution is 2.21. The number of sulfonamides is 1. The summed E-state index contributed by atoms with van der Waals surface area (Å²) in [4.78, 5) is 12.4. The molecule has 26 heavy (non-hydrogen) atoms. The normalized spacial score (nSPS) is 12.0. The number of rotatable bonds is 6. The number of aryl methyl sites for hydroxylation is 2. The van der Waals surface area contributed by atoms with Crippen LogP contribution < -0.4 is 15.8 Å². The number of hydrogen-bond acceptors (Lipinski definition) is 4. The lowest BCUT2D eigenvalue weighted by atomic mass is 10.2. The Morgan fingerprint density at radius 1 is 1.15 bits per heavy atom. The third-order valence-electron chi connectivity index (χ3n) is 3.74. The first kappa shape index (κ1) is 22.0. The fourth-order valence-corrected chi connectivity index (χ4v) is 3.68. The Balaban J connectivity index is 0.00000338. The van der Waals surface area contributed by atoms with Crippen molar-refractivity contribution in [3.8, 4) is 0 Å². The fourth-order valence-electron chi connectivity index (χ4n) is 2.30. The van der Waals surface area contributed by atoms with Crippen LogP contribution in [0.2, 0.25) is 0 Å². The highest BCUT2D eigenvalue weighted by atomic mass is 35.5. The van der Waals surface area contributed by atoms with E-state index in [4.69, 9.17) is 5.73 Å². The molecule has 6 nitrogen and oxygen atoms in total. The van der Waals surface area contributed by atoms with Crippen LogP contribution in [0, 0.1) is 13.8 Å². The average molecular weight is 398 g/mol. The van der Waals surface area contributed by atoms with Crippen molar-refractivity contribution in [3.63, 3.8) is 0 Å². The van der Waals surface area contributed by atoms with E-state index < -0.39 is 10.0 Å². The van der Waals surface area contributed by atoms with Gasteiger partial charge in [0.1, 0.15) is 0 Å². The molecule has 0 aliphatic rings. The van der Waals surface area contributed by atoms with Gasteiger partial charge in [0.25, 0.3) is 15.9 Å². The molecule has 1 amide bonds. The Hall–Kier alpha value is -2.09. The quantitative estimate of drug-likeness (QED) is 0.697. The minimum Gasteiger partial charge on any atom is -0.348 e. The van der Waals surface area contributed by atoms with Crippen LogP contribution in [-0.2, 0) is 10.0 Å². The highest BCUT2D eigenvalue weighted by Gasteiger charge is 2.18. The molecule has 2 aromatic rings. The lowest BCUT2D eigenvalue weighted by molar-refractivity contribution is 0.0941. The Bertz CT molecular complexity index is 885. The van der Waals surface area contributed by atoms with E-state index in [2.05, 4.69) is 10.0 Å². The third kappa shape index (κ3) is 5.45. The van der Waals surface area contributed by atoms with Crippen LogP contribution in [0.15, 0.2) is 47.4 Å². The zero-order chi connectivity index (χ0) is 18.6. The minimum atomic E-state index is -3.74. The largest absolute Gasteiger partial charge is 0.348 e.